The quantitative estimate of drug-likeness (QED) is 0.395. The van der Waals surface area contributed by atoms with Crippen LogP contribution in [0.15, 0.2) is 52.3 Å². The smallest absolute Gasteiger partial charge is 0.266 e. The molecule has 0 aliphatic carbocycles. The van der Waals surface area contributed by atoms with Crippen molar-refractivity contribution in [2.75, 3.05) is 32.7 Å². The minimum Gasteiger partial charge on any atom is -0.287 e. The van der Waals surface area contributed by atoms with Crippen LogP contribution in [0.4, 0.5) is 0 Å². The third-order valence-electron chi connectivity index (χ3n) is 5.42. The van der Waals surface area contributed by atoms with Crippen LogP contribution >= 0.6 is 58.8 Å². The lowest BCUT2D eigenvalue weighted by Gasteiger charge is -2.34. The van der Waals surface area contributed by atoms with Gasteiger partial charge in [-0.05, 0) is 42.5 Å². The van der Waals surface area contributed by atoms with Crippen LogP contribution in [0.3, 0.4) is 0 Å². The number of benzene rings is 2. The molecule has 0 aromatic heterocycles. The van der Waals surface area contributed by atoms with Crippen LogP contribution < -0.4 is 5.43 Å². The van der Waals surface area contributed by atoms with E-state index in [0.29, 0.717) is 25.5 Å². The van der Waals surface area contributed by atoms with Gasteiger partial charge in [0.25, 0.3) is 11.8 Å². The van der Waals surface area contributed by atoms with Crippen LogP contribution in [0.1, 0.15) is 5.56 Å². The number of sulfonamides is 1. The Labute approximate surface area is 233 Å². The Balaban J connectivity index is 1.33. The van der Waals surface area contributed by atoms with E-state index in [2.05, 4.69) is 5.43 Å². The van der Waals surface area contributed by atoms with Crippen LogP contribution in [0.2, 0.25) is 15.1 Å². The second-order valence-electron chi connectivity index (χ2n) is 7.78. The first kappa shape index (κ1) is 27.3. The van der Waals surface area contributed by atoms with E-state index in [9.17, 15) is 18.0 Å². The molecule has 0 unspecified atom stereocenters. The van der Waals surface area contributed by atoms with E-state index in [1.807, 2.05) is 0 Å². The third-order valence-corrected chi connectivity index (χ3v) is 9.63. The largest absolute Gasteiger partial charge is 0.287 e. The Bertz CT molecular complexity index is 1320. The van der Waals surface area contributed by atoms with Crippen LogP contribution in [0, 0.1) is 0 Å². The average Bonchev–Trinajstić information content (AvgIpc) is 3.09. The maximum absolute atomic E-state index is 12.9. The molecule has 190 valence electrons. The van der Waals surface area contributed by atoms with Gasteiger partial charge in [0.2, 0.25) is 10.0 Å². The number of nitrogens with zero attached hydrogens (tertiary/aromatic N) is 3. The van der Waals surface area contributed by atoms with Crippen molar-refractivity contribution in [3.05, 3.63) is 68.0 Å². The number of rotatable bonds is 6. The van der Waals surface area contributed by atoms with E-state index in [0.717, 1.165) is 11.8 Å². The van der Waals surface area contributed by atoms with Crippen LogP contribution in [0.25, 0.3) is 6.08 Å². The molecule has 2 heterocycles. The van der Waals surface area contributed by atoms with E-state index < -0.39 is 21.8 Å². The van der Waals surface area contributed by atoms with Crippen molar-refractivity contribution in [1.82, 2.24) is 19.6 Å². The lowest BCUT2D eigenvalue weighted by molar-refractivity contribution is -0.131. The minimum atomic E-state index is -3.66. The fraction of sp³-hybridized carbons (Fsp3) is 0.227. The number of carbonyl (C=O) groups excluding carboxylic acids is 2. The molecule has 2 amide bonds. The molecule has 36 heavy (non-hydrogen) atoms. The van der Waals surface area contributed by atoms with Crippen molar-refractivity contribution < 1.29 is 18.0 Å². The van der Waals surface area contributed by atoms with Gasteiger partial charge in [0.1, 0.15) is 10.9 Å². The van der Waals surface area contributed by atoms with Gasteiger partial charge in [-0.15, -0.1) is 0 Å². The first-order valence-electron chi connectivity index (χ1n) is 10.6. The molecule has 0 radical (unpaired) electrons. The summed E-state index contributed by atoms with van der Waals surface area (Å²) in [6, 6.07) is 11.0. The number of thiocarbonyl (C=S) groups is 1. The molecule has 0 atom stereocenters. The highest BCUT2D eigenvalue weighted by molar-refractivity contribution is 8.26. The van der Waals surface area contributed by atoms with Crippen LogP contribution in [0.5, 0.6) is 0 Å². The van der Waals surface area contributed by atoms with Crippen LogP contribution in [-0.2, 0) is 19.6 Å². The lowest BCUT2D eigenvalue weighted by Crippen LogP contribution is -2.56. The second kappa shape index (κ2) is 11.4. The van der Waals surface area contributed by atoms with Crippen molar-refractivity contribution >= 4 is 91.0 Å². The summed E-state index contributed by atoms with van der Waals surface area (Å²) in [6.45, 7) is 0.659. The van der Waals surface area contributed by atoms with E-state index in [4.69, 9.17) is 47.0 Å². The fourth-order valence-electron chi connectivity index (χ4n) is 3.57. The van der Waals surface area contributed by atoms with Gasteiger partial charge in [0.05, 0.1) is 9.80 Å². The fourth-order valence-corrected chi connectivity index (χ4v) is 6.86. The van der Waals surface area contributed by atoms with Gasteiger partial charge in [-0.2, -0.15) is 4.31 Å². The number of piperazine rings is 1. The highest BCUT2D eigenvalue weighted by Crippen LogP contribution is 2.35. The molecule has 2 fully saturated rings. The van der Waals surface area contributed by atoms with E-state index in [1.54, 1.807) is 29.3 Å². The Hall–Kier alpha value is -1.70. The Morgan fingerprint density at radius 2 is 1.64 bits per heavy atom. The van der Waals surface area contributed by atoms with Gasteiger partial charge in [-0.3, -0.25) is 19.9 Å². The highest BCUT2D eigenvalue weighted by atomic mass is 35.5. The van der Waals surface area contributed by atoms with E-state index in [-0.39, 0.29) is 41.9 Å². The molecular weight excluding hydrogens is 587 g/mol. The van der Waals surface area contributed by atoms with E-state index >= 15 is 0 Å². The molecule has 2 aromatic carbocycles. The predicted octanol–water partition coefficient (Wildman–Crippen LogP) is 3.89. The summed E-state index contributed by atoms with van der Waals surface area (Å²) in [5.41, 5.74) is 3.22. The Kier molecular flexibility index (Phi) is 8.63. The molecule has 2 saturated heterocycles. The first-order chi connectivity index (χ1) is 17.1. The zero-order chi connectivity index (χ0) is 26.0. The molecule has 8 nitrogen and oxygen atoms in total. The molecule has 0 bridgehead atoms. The molecular formula is C22H19Cl3N4O4S3. The molecule has 0 saturated carbocycles. The minimum absolute atomic E-state index is 0.157. The van der Waals surface area contributed by atoms with Gasteiger partial charge in [-0.25, -0.2) is 13.4 Å². The summed E-state index contributed by atoms with van der Waals surface area (Å²) in [5, 5.41) is 2.85. The highest BCUT2D eigenvalue weighted by Gasteiger charge is 2.35. The molecule has 0 spiro atoms. The van der Waals surface area contributed by atoms with Gasteiger partial charge in [-0.1, -0.05) is 64.8 Å². The van der Waals surface area contributed by atoms with Gasteiger partial charge in [0, 0.05) is 46.8 Å². The zero-order valence-electron chi connectivity index (χ0n) is 18.5. The maximum Gasteiger partial charge on any atom is 0.266 e. The summed E-state index contributed by atoms with van der Waals surface area (Å²) in [4.78, 5) is 27.2. The Morgan fingerprint density at radius 1 is 1.03 bits per heavy atom. The summed E-state index contributed by atoms with van der Waals surface area (Å²) in [5.74, 6) is -0.868. The summed E-state index contributed by atoms with van der Waals surface area (Å²) in [6.07, 6.45) is 1.56. The monoisotopic (exact) mass is 604 g/mol. The van der Waals surface area contributed by atoms with E-state index in [1.165, 1.54) is 33.5 Å². The summed E-state index contributed by atoms with van der Waals surface area (Å²) >= 11 is 24.6. The maximum atomic E-state index is 12.9. The zero-order valence-corrected chi connectivity index (χ0v) is 23.2. The number of nitrogens with one attached hydrogen (secondary N) is 1. The van der Waals surface area contributed by atoms with Crippen LogP contribution in [-0.4, -0.2) is 71.5 Å². The molecule has 14 heteroatoms. The topological polar surface area (TPSA) is 90.0 Å². The normalized spacial score (nSPS) is 18.8. The number of amides is 2. The van der Waals surface area contributed by atoms with Crippen molar-refractivity contribution in [3.8, 4) is 0 Å². The van der Waals surface area contributed by atoms with Gasteiger partial charge in [0.15, 0.2) is 0 Å². The number of carbonyl (C=O) groups is 2. The van der Waals surface area contributed by atoms with Gasteiger partial charge >= 0.3 is 0 Å². The second-order valence-corrected chi connectivity index (χ2v) is 12.6. The molecule has 2 aromatic rings. The standard InChI is InChI=1S/C22H19Cl3N4O4S3/c23-14-4-6-15(7-5-14)36(32,33)28-10-8-27(9-11-28)26-20(30)13-29-21(31)19(35-22(29)34)12-16-17(24)2-1-3-18(16)25/h1-7,12H,8-11,13H2,(H,26,30)/b19-12-. The number of thioether (sulfide) groups is 1. The first-order valence-corrected chi connectivity index (χ1v) is 14.4. The molecule has 4 rings (SSSR count). The van der Waals surface area contributed by atoms with Crippen molar-refractivity contribution in [2.45, 2.75) is 4.90 Å². The number of halogens is 3. The molecule has 1 N–H and O–H groups in total. The number of hydrogen-bond donors (Lipinski definition) is 1. The predicted molar refractivity (Wildman–Crippen MR) is 146 cm³/mol. The molecule has 2 aliphatic rings. The summed E-state index contributed by atoms with van der Waals surface area (Å²) < 4.78 is 27.2. The summed E-state index contributed by atoms with van der Waals surface area (Å²) in [7, 11) is -3.66. The van der Waals surface area contributed by atoms with Crippen molar-refractivity contribution in [3.63, 3.8) is 0 Å². The number of hydrazine groups is 1. The Morgan fingerprint density at radius 3 is 2.25 bits per heavy atom. The van der Waals surface area contributed by atoms with Gasteiger partial charge < -0.3 is 0 Å². The lowest BCUT2D eigenvalue weighted by atomic mass is 10.2. The third kappa shape index (κ3) is 6.05. The average molecular weight is 606 g/mol. The molecule has 2 aliphatic heterocycles. The SMILES string of the molecule is O=C(CN1C(=O)/C(=C/c2c(Cl)cccc2Cl)SC1=S)NN1CCN(S(=O)(=O)c2ccc(Cl)cc2)CC1. The van der Waals surface area contributed by atoms with Crippen molar-refractivity contribution in [2.24, 2.45) is 0 Å². The number of hydrogen-bond acceptors (Lipinski definition) is 7. The van der Waals surface area contributed by atoms with Crippen molar-refractivity contribution in [1.29, 1.82) is 0 Å².